The summed E-state index contributed by atoms with van der Waals surface area (Å²) in [4.78, 5) is 35.5. The molecule has 0 saturated carbocycles. The number of carbonyl (C=O) groups excluding carboxylic acids is 1. The molecular formula is C34H50F3N9O3. The number of carbonyl (C=O) groups is 1. The zero-order valence-electron chi connectivity index (χ0n) is 29.1. The first kappa shape index (κ1) is 40.5. The fraction of sp³-hybridized carbons (Fsp3) is 0.471. The summed E-state index contributed by atoms with van der Waals surface area (Å²) in [5.41, 5.74) is 17.0. The third-order valence-electron chi connectivity index (χ3n) is 6.56. The molecular weight excluding hydrogens is 639 g/mol. The van der Waals surface area contributed by atoms with E-state index in [9.17, 15) is 22.8 Å². The quantitative estimate of drug-likeness (QED) is 0.0796. The van der Waals surface area contributed by atoms with Gasteiger partial charge in [-0.3, -0.25) is 9.79 Å². The Morgan fingerprint density at radius 1 is 1.00 bits per heavy atom. The number of nitrogens with zero attached hydrogens (tertiary/aromatic N) is 2. The van der Waals surface area contributed by atoms with Crippen LogP contribution in [0.4, 0.5) is 23.7 Å². The summed E-state index contributed by atoms with van der Waals surface area (Å²) in [7, 11) is 0. The first-order valence-corrected chi connectivity index (χ1v) is 15.9. The van der Waals surface area contributed by atoms with E-state index in [1.165, 1.54) is 6.07 Å². The number of guanidine groups is 1. The number of aliphatic imine (C=N–C) groups is 1. The number of anilines is 1. The zero-order chi connectivity index (χ0) is 36.8. The molecule has 3 aromatic rings. The average molecular weight is 690 g/mol. The molecule has 3 rings (SSSR count). The Hall–Kier alpha value is -4.63. The van der Waals surface area contributed by atoms with Crippen LogP contribution in [0.2, 0.25) is 0 Å². The van der Waals surface area contributed by atoms with Crippen LogP contribution >= 0.6 is 0 Å². The van der Waals surface area contributed by atoms with Gasteiger partial charge in [-0.15, -0.1) is 0 Å². The number of urea groups is 1. The number of aromatic nitrogens is 2. The monoisotopic (exact) mass is 689 g/mol. The lowest BCUT2D eigenvalue weighted by Crippen LogP contribution is -2.43. The van der Waals surface area contributed by atoms with E-state index in [0.29, 0.717) is 30.9 Å². The van der Waals surface area contributed by atoms with Crippen molar-refractivity contribution in [3.63, 3.8) is 0 Å². The van der Waals surface area contributed by atoms with Gasteiger partial charge in [0.2, 0.25) is 0 Å². The van der Waals surface area contributed by atoms with Gasteiger partial charge in [0, 0.05) is 30.2 Å². The summed E-state index contributed by atoms with van der Waals surface area (Å²) >= 11 is 0. The molecule has 0 aliphatic rings. The molecule has 2 amide bonds. The van der Waals surface area contributed by atoms with Gasteiger partial charge in [0.1, 0.15) is 11.6 Å². The summed E-state index contributed by atoms with van der Waals surface area (Å²) in [6.45, 7) is 14.1. The molecule has 0 saturated heterocycles. The molecule has 0 atom stereocenters. The first-order valence-electron chi connectivity index (χ1n) is 15.9. The van der Waals surface area contributed by atoms with E-state index >= 15 is 0 Å². The Bertz CT molecular complexity index is 1570. The summed E-state index contributed by atoms with van der Waals surface area (Å²) in [6, 6.07) is 10.3. The van der Waals surface area contributed by atoms with Crippen molar-refractivity contribution in [2.45, 2.75) is 78.1 Å². The van der Waals surface area contributed by atoms with E-state index in [0.717, 1.165) is 42.8 Å². The molecule has 0 spiro atoms. The molecule has 10 N–H and O–H groups in total. The Labute approximate surface area is 285 Å². The number of hydrogen-bond donors (Lipinski definition) is 7. The van der Waals surface area contributed by atoms with Crippen molar-refractivity contribution in [3.8, 4) is 16.9 Å². The maximum absolute atomic E-state index is 12.8. The van der Waals surface area contributed by atoms with Crippen molar-refractivity contribution in [2.75, 3.05) is 31.6 Å². The number of amides is 2. The van der Waals surface area contributed by atoms with Crippen LogP contribution < -0.4 is 43.4 Å². The SMILES string of the molecule is CC(C)(C)NC(=O)Nc1ccc(C(F)(F)F)cc1OCCCN.CC(C)(C)c1ncc(-c2ccc(CNCCCN=C(N)N)cc2)c(=O)[nH]1. The van der Waals surface area contributed by atoms with Crippen LogP contribution in [0.1, 0.15) is 71.3 Å². The van der Waals surface area contributed by atoms with Crippen molar-refractivity contribution >= 4 is 17.7 Å². The second-order valence-corrected chi connectivity index (χ2v) is 13.3. The number of aromatic amines is 1. The number of halogens is 3. The lowest BCUT2D eigenvalue weighted by Gasteiger charge is -2.22. The lowest BCUT2D eigenvalue weighted by atomic mass is 9.95. The minimum Gasteiger partial charge on any atom is -0.491 e. The number of alkyl halides is 3. The fourth-order valence-corrected chi connectivity index (χ4v) is 4.11. The lowest BCUT2D eigenvalue weighted by molar-refractivity contribution is -0.137. The maximum atomic E-state index is 12.8. The highest BCUT2D eigenvalue weighted by atomic mass is 19.4. The largest absolute Gasteiger partial charge is 0.491 e. The molecule has 270 valence electrons. The van der Waals surface area contributed by atoms with Gasteiger partial charge >= 0.3 is 12.2 Å². The Balaban J connectivity index is 0.000000343. The molecule has 15 heteroatoms. The average Bonchev–Trinajstić information content (AvgIpc) is 2.98. The molecule has 0 aliphatic carbocycles. The molecule has 0 aliphatic heterocycles. The van der Waals surface area contributed by atoms with Gasteiger partial charge in [-0.05, 0) is 76.0 Å². The highest BCUT2D eigenvalue weighted by Gasteiger charge is 2.31. The second-order valence-electron chi connectivity index (χ2n) is 13.3. The number of H-pyrrole nitrogens is 1. The molecule has 12 nitrogen and oxygen atoms in total. The number of benzene rings is 2. The molecule has 1 heterocycles. The van der Waals surface area contributed by atoms with Crippen LogP contribution in [0.25, 0.3) is 11.1 Å². The minimum atomic E-state index is -4.49. The standard InChI is InChI=1S/C19H28N6O.C15H22F3N3O2/c1-19(2,3)17-24-12-15(16(26)25-17)14-7-5-13(6-8-14)11-22-9-4-10-23-18(20)21;1-14(2,3)21-13(22)20-11-6-5-10(15(16,17)18)9-12(11)23-8-4-7-19/h5-8,12,22H,4,9-11H2,1-3H3,(H4,20,21,23)(H,24,25,26);5-6,9H,4,7-8,19H2,1-3H3,(H2,20,21,22). The molecule has 0 fully saturated rings. The number of ether oxygens (including phenoxy) is 1. The van der Waals surface area contributed by atoms with Gasteiger partial charge in [-0.2, -0.15) is 13.2 Å². The van der Waals surface area contributed by atoms with E-state index in [2.05, 4.69) is 30.9 Å². The predicted molar refractivity (Wildman–Crippen MR) is 189 cm³/mol. The smallest absolute Gasteiger partial charge is 0.416 e. The van der Waals surface area contributed by atoms with Crippen molar-refractivity contribution in [3.05, 3.63) is 76.0 Å². The highest BCUT2D eigenvalue weighted by molar-refractivity contribution is 5.91. The van der Waals surface area contributed by atoms with E-state index in [-0.39, 0.29) is 35.0 Å². The van der Waals surface area contributed by atoms with Gasteiger partial charge in [-0.1, -0.05) is 45.0 Å². The van der Waals surface area contributed by atoms with Crippen LogP contribution in [0.3, 0.4) is 0 Å². The van der Waals surface area contributed by atoms with Crippen molar-refractivity contribution < 1.29 is 22.7 Å². The van der Waals surface area contributed by atoms with Gasteiger partial charge < -0.3 is 42.9 Å². The normalized spacial score (nSPS) is 11.6. The topological polar surface area (TPSA) is 199 Å². The maximum Gasteiger partial charge on any atom is 0.416 e. The molecule has 2 aromatic carbocycles. The number of hydrogen-bond acceptors (Lipinski definition) is 7. The third kappa shape index (κ3) is 15.0. The van der Waals surface area contributed by atoms with Crippen LogP contribution in [-0.4, -0.2) is 53.7 Å². The Morgan fingerprint density at radius 3 is 2.22 bits per heavy atom. The summed E-state index contributed by atoms with van der Waals surface area (Å²) in [5.74, 6) is 0.769. The number of nitrogens with two attached hydrogens (primary N) is 3. The number of nitrogens with one attached hydrogen (secondary N) is 4. The first-order chi connectivity index (χ1) is 22.8. The van der Waals surface area contributed by atoms with Crippen LogP contribution in [0.5, 0.6) is 5.75 Å². The van der Waals surface area contributed by atoms with Gasteiger partial charge in [-0.25, -0.2) is 9.78 Å². The van der Waals surface area contributed by atoms with Gasteiger partial charge in [0.15, 0.2) is 5.96 Å². The molecule has 0 unspecified atom stereocenters. The summed E-state index contributed by atoms with van der Waals surface area (Å²) in [6.07, 6.45) is -1.48. The molecule has 0 bridgehead atoms. The van der Waals surface area contributed by atoms with Crippen LogP contribution in [0, 0.1) is 0 Å². The van der Waals surface area contributed by atoms with Crippen molar-refractivity contribution in [2.24, 2.45) is 22.2 Å². The predicted octanol–water partition coefficient (Wildman–Crippen LogP) is 4.84. The molecule has 1 aromatic heterocycles. The van der Waals surface area contributed by atoms with E-state index in [4.69, 9.17) is 21.9 Å². The second kappa shape index (κ2) is 18.2. The van der Waals surface area contributed by atoms with Crippen molar-refractivity contribution in [1.29, 1.82) is 0 Å². The van der Waals surface area contributed by atoms with Crippen molar-refractivity contribution in [1.82, 2.24) is 20.6 Å². The molecule has 49 heavy (non-hydrogen) atoms. The minimum absolute atomic E-state index is 0.0441. The van der Waals surface area contributed by atoms with E-state index < -0.39 is 23.3 Å². The zero-order valence-corrected chi connectivity index (χ0v) is 29.1. The van der Waals surface area contributed by atoms with E-state index in [1.807, 2.05) is 45.0 Å². The Morgan fingerprint density at radius 2 is 1.67 bits per heavy atom. The fourth-order valence-electron chi connectivity index (χ4n) is 4.11. The summed E-state index contributed by atoms with van der Waals surface area (Å²) < 4.78 is 43.7. The van der Waals surface area contributed by atoms with Gasteiger partial charge in [0.05, 0.1) is 23.4 Å². The molecule has 0 radical (unpaired) electrons. The number of rotatable bonds is 12. The van der Waals surface area contributed by atoms with E-state index in [1.54, 1.807) is 27.0 Å². The Kier molecular flexibility index (Phi) is 15.1. The summed E-state index contributed by atoms with van der Waals surface area (Å²) in [5, 5.41) is 8.50. The highest BCUT2D eigenvalue weighted by Crippen LogP contribution is 2.35. The van der Waals surface area contributed by atoms with Crippen LogP contribution in [-0.2, 0) is 18.1 Å². The van der Waals surface area contributed by atoms with Crippen LogP contribution in [0.15, 0.2) is 58.4 Å². The third-order valence-corrected chi connectivity index (χ3v) is 6.56. The van der Waals surface area contributed by atoms with Gasteiger partial charge in [0.25, 0.3) is 5.56 Å².